The van der Waals surface area contributed by atoms with Crippen LogP contribution in [0.25, 0.3) is 0 Å². The Morgan fingerprint density at radius 1 is 1.14 bits per heavy atom. The summed E-state index contributed by atoms with van der Waals surface area (Å²) in [5.74, 6) is -6.77. The highest BCUT2D eigenvalue weighted by Gasteiger charge is 2.59. The number of carboxylic acid groups (broad SMARTS) is 1. The van der Waals surface area contributed by atoms with Gasteiger partial charge in [0.1, 0.15) is 11.8 Å². The number of ether oxygens (including phenoxy) is 2. The van der Waals surface area contributed by atoms with Crippen molar-refractivity contribution >= 4 is 11.9 Å². The van der Waals surface area contributed by atoms with E-state index in [0.717, 1.165) is 12.1 Å². The third-order valence-electron chi connectivity index (χ3n) is 8.61. The quantitative estimate of drug-likeness (QED) is 0.341. The second-order valence-corrected chi connectivity index (χ2v) is 12.5. The first-order chi connectivity index (χ1) is 20.5. The molecule has 2 N–H and O–H groups in total. The predicted molar refractivity (Wildman–Crippen MR) is 150 cm³/mol. The molecule has 8 nitrogen and oxygen atoms in total. The summed E-state index contributed by atoms with van der Waals surface area (Å²) in [6.07, 6.45) is -3.94. The second-order valence-electron chi connectivity index (χ2n) is 12.5. The van der Waals surface area contributed by atoms with Crippen molar-refractivity contribution in [1.82, 2.24) is 15.2 Å². The Kier molecular flexibility index (Phi) is 9.48. The Labute approximate surface area is 252 Å². The summed E-state index contributed by atoms with van der Waals surface area (Å²) in [6, 6.07) is 2.88. The van der Waals surface area contributed by atoms with Gasteiger partial charge in [0.05, 0.1) is 25.8 Å². The minimum atomic E-state index is -4.62. The van der Waals surface area contributed by atoms with E-state index in [4.69, 9.17) is 9.47 Å². The van der Waals surface area contributed by atoms with Crippen LogP contribution in [0.3, 0.4) is 0 Å². The molecule has 13 heteroatoms. The number of nitrogens with zero attached hydrogens (tertiary/aromatic N) is 2. The molecule has 242 valence electrons. The molecule has 2 heterocycles. The van der Waals surface area contributed by atoms with Gasteiger partial charge in [0, 0.05) is 54.6 Å². The summed E-state index contributed by atoms with van der Waals surface area (Å²) in [5.41, 5.74) is -1.16. The minimum Gasteiger partial charge on any atom is -0.496 e. The highest BCUT2D eigenvalue weighted by atomic mass is 19.4. The van der Waals surface area contributed by atoms with Crippen molar-refractivity contribution in [2.45, 2.75) is 83.2 Å². The molecule has 1 aliphatic heterocycles. The molecular formula is C31H38F5N3O5. The van der Waals surface area contributed by atoms with Crippen molar-refractivity contribution in [1.29, 1.82) is 0 Å². The number of aromatic nitrogens is 1. The van der Waals surface area contributed by atoms with Crippen LogP contribution in [-0.4, -0.2) is 59.1 Å². The van der Waals surface area contributed by atoms with Crippen molar-refractivity contribution in [2.24, 2.45) is 17.3 Å². The molecule has 0 radical (unpaired) electrons. The lowest BCUT2D eigenvalue weighted by Crippen LogP contribution is -2.50. The fraction of sp³-hybridized carbons (Fsp3) is 0.581. The fourth-order valence-electron chi connectivity index (χ4n) is 6.77. The van der Waals surface area contributed by atoms with Crippen molar-refractivity contribution in [3.63, 3.8) is 0 Å². The highest BCUT2D eigenvalue weighted by Crippen LogP contribution is 2.51. The average molecular weight is 628 g/mol. The monoisotopic (exact) mass is 627 g/mol. The van der Waals surface area contributed by atoms with Gasteiger partial charge in [-0.05, 0) is 48.6 Å². The van der Waals surface area contributed by atoms with Crippen molar-refractivity contribution in [3.8, 4) is 11.6 Å². The lowest BCUT2D eigenvalue weighted by Gasteiger charge is -2.37. The molecule has 1 aliphatic carbocycles. The lowest BCUT2D eigenvalue weighted by atomic mass is 9.72. The number of aliphatic carboxylic acids is 1. The van der Waals surface area contributed by atoms with E-state index in [9.17, 15) is 36.6 Å². The average Bonchev–Trinajstić information content (AvgIpc) is 3.30. The molecule has 4 rings (SSSR count). The SMILES string of the molecule is COc1ccc(C(F)(F)F)cc1CN[C@H]1[C@H](C(C)(C)C)[C@@H](C(=O)O)N(C(=O)[C@@H]2CCCC(F)(F)C2)[C@H]1c1cccnc1OC. The smallest absolute Gasteiger partial charge is 0.416 e. The Morgan fingerprint density at radius 2 is 1.84 bits per heavy atom. The fourth-order valence-corrected chi connectivity index (χ4v) is 6.77. The Balaban J connectivity index is 1.88. The molecule has 1 saturated heterocycles. The maximum absolute atomic E-state index is 14.5. The summed E-state index contributed by atoms with van der Waals surface area (Å²) >= 11 is 0. The third-order valence-corrected chi connectivity index (χ3v) is 8.61. The van der Waals surface area contributed by atoms with Crippen LogP contribution in [-0.2, 0) is 22.3 Å². The standard InChI is InChI=1S/C31H38F5N3O5/c1-29(2,3)22-23(38-16-18-14-19(31(34,35)36)10-11-21(18)43-4)24(20-9-7-13-37-26(20)44-5)39(25(22)28(41)42)27(40)17-8-6-12-30(32,33)15-17/h7,9-11,13-14,17,22-25,38H,6,8,12,15-16H2,1-5H3,(H,41,42)/t17-,22+,23+,24+,25+/m1/s1. The maximum atomic E-state index is 14.5. The van der Waals surface area contributed by atoms with E-state index in [1.807, 2.05) is 0 Å². The van der Waals surface area contributed by atoms with Gasteiger partial charge in [-0.1, -0.05) is 20.8 Å². The van der Waals surface area contributed by atoms with Gasteiger partial charge in [-0.25, -0.2) is 18.6 Å². The van der Waals surface area contributed by atoms with Crippen LogP contribution >= 0.6 is 0 Å². The Bertz CT molecular complexity index is 1360. The number of pyridine rings is 1. The molecule has 2 fully saturated rings. The van der Waals surface area contributed by atoms with E-state index >= 15 is 0 Å². The zero-order valence-electron chi connectivity index (χ0n) is 25.3. The maximum Gasteiger partial charge on any atom is 0.416 e. The van der Waals surface area contributed by atoms with Crippen LogP contribution in [0.5, 0.6) is 11.6 Å². The zero-order valence-corrected chi connectivity index (χ0v) is 25.3. The van der Waals surface area contributed by atoms with Gasteiger partial charge in [-0.3, -0.25) is 4.79 Å². The van der Waals surface area contributed by atoms with Crippen molar-refractivity contribution in [3.05, 3.63) is 53.2 Å². The number of benzene rings is 1. The van der Waals surface area contributed by atoms with E-state index in [1.54, 1.807) is 32.9 Å². The van der Waals surface area contributed by atoms with Crippen LogP contribution in [0.4, 0.5) is 22.0 Å². The number of carbonyl (C=O) groups excluding carboxylic acids is 1. The van der Waals surface area contributed by atoms with Gasteiger partial charge in [0.15, 0.2) is 0 Å². The second kappa shape index (κ2) is 12.5. The van der Waals surface area contributed by atoms with Crippen LogP contribution in [0.1, 0.15) is 69.2 Å². The van der Waals surface area contributed by atoms with Crippen LogP contribution in [0.15, 0.2) is 36.5 Å². The molecule has 1 saturated carbocycles. The topological polar surface area (TPSA) is 101 Å². The first-order valence-corrected chi connectivity index (χ1v) is 14.4. The number of carbonyl (C=O) groups is 2. The Hall–Kier alpha value is -3.48. The number of nitrogens with one attached hydrogen (secondary N) is 1. The molecule has 0 spiro atoms. The van der Waals surface area contributed by atoms with Crippen LogP contribution in [0.2, 0.25) is 0 Å². The van der Waals surface area contributed by atoms with E-state index in [1.165, 1.54) is 31.4 Å². The van der Waals surface area contributed by atoms with Gasteiger partial charge in [0.25, 0.3) is 0 Å². The normalized spacial score (nSPS) is 25.5. The van der Waals surface area contributed by atoms with E-state index in [2.05, 4.69) is 10.3 Å². The summed E-state index contributed by atoms with van der Waals surface area (Å²) in [7, 11) is 2.68. The molecule has 2 aromatic rings. The number of alkyl halides is 5. The van der Waals surface area contributed by atoms with E-state index in [0.29, 0.717) is 5.56 Å². The van der Waals surface area contributed by atoms with Gasteiger partial charge in [0.2, 0.25) is 17.7 Å². The predicted octanol–water partition coefficient (Wildman–Crippen LogP) is 6.10. The van der Waals surface area contributed by atoms with Crippen LogP contribution in [0, 0.1) is 17.3 Å². The number of amides is 1. The first-order valence-electron chi connectivity index (χ1n) is 14.4. The number of methoxy groups -OCH3 is 2. The van der Waals surface area contributed by atoms with E-state index in [-0.39, 0.29) is 43.0 Å². The van der Waals surface area contributed by atoms with Crippen molar-refractivity contribution < 1.29 is 46.1 Å². The number of rotatable bonds is 8. The number of carboxylic acids is 1. The molecule has 0 unspecified atom stereocenters. The van der Waals surface area contributed by atoms with Crippen LogP contribution < -0.4 is 14.8 Å². The zero-order chi connectivity index (χ0) is 32.6. The minimum absolute atomic E-state index is 0.103. The van der Waals surface area contributed by atoms with Crippen molar-refractivity contribution in [2.75, 3.05) is 14.2 Å². The molecule has 1 aromatic carbocycles. The number of likely N-dealkylation sites (tertiary alicyclic amines) is 1. The molecule has 0 bridgehead atoms. The molecule has 1 amide bonds. The van der Waals surface area contributed by atoms with Gasteiger partial charge < -0.3 is 24.8 Å². The molecule has 2 aliphatic rings. The summed E-state index contributed by atoms with van der Waals surface area (Å²) < 4.78 is 80.6. The Morgan fingerprint density at radius 3 is 2.41 bits per heavy atom. The van der Waals surface area contributed by atoms with E-state index < -0.39 is 71.3 Å². The van der Waals surface area contributed by atoms with Gasteiger partial charge >= 0.3 is 12.1 Å². The number of halogens is 5. The number of hydrogen-bond donors (Lipinski definition) is 2. The van der Waals surface area contributed by atoms with Gasteiger partial charge in [-0.2, -0.15) is 13.2 Å². The molecule has 1 aromatic heterocycles. The van der Waals surface area contributed by atoms with Gasteiger partial charge in [-0.15, -0.1) is 0 Å². The largest absolute Gasteiger partial charge is 0.496 e. The summed E-state index contributed by atoms with van der Waals surface area (Å²) in [5, 5.41) is 13.9. The first kappa shape index (κ1) is 33.4. The molecular weight excluding hydrogens is 589 g/mol. The molecule has 5 atom stereocenters. The molecule has 44 heavy (non-hydrogen) atoms. The highest BCUT2D eigenvalue weighted by molar-refractivity contribution is 5.87. The third kappa shape index (κ3) is 6.77. The lowest BCUT2D eigenvalue weighted by molar-refractivity contribution is -0.157. The summed E-state index contributed by atoms with van der Waals surface area (Å²) in [4.78, 5) is 32.7. The number of hydrogen-bond acceptors (Lipinski definition) is 6. The summed E-state index contributed by atoms with van der Waals surface area (Å²) in [6.45, 7) is 5.22.